The number of para-hydroxylation sites is 1. The van der Waals surface area contributed by atoms with Crippen LogP contribution in [0.2, 0.25) is 0 Å². The Balaban J connectivity index is 1.17. The third-order valence-corrected chi connectivity index (χ3v) is 6.75. The number of piperidine rings is 1. The highest BCUT2D eigenvalue weighted by Gasteiger charge is 2.40. The fraction of sp³-hybridized carbons (Fsp3) is 0.682. The van der Waals surface area contributed by atoms with Crippen molar-refractivity contribution >= 4 is 5.91 Å². The molecular weight excluding hydrogens is 397 g/mol. The van der Waals surface area contributed by atoms with E-state index in [4.69, 9.17) is 9.47 Å². The van der Waals surface area contributed by atoms with Crippen LogP contribution in [0.4, 0.5) is 13.2 Å². The Morgan fingerprint density at radius 3 is 2.50 bits per heavy atom. The summed E-state index contributed by atoms with van der Waals surface area (Å²) in [5, 5.41) is 2.13. The van der Waals surface area contributed by atoms with Crippen molar-refractivity contribution < 1.29 is 27.4 Å². The first-order valence-electron chi connectivity index (χ1n) is 10.9. The SMILES string of the molecule is O=C(N[C@H]1CC[C@H](CCN2CCC(c3cccc4c3OCO4)CC2)CC1)C(F)(F)F. The Kier molecular flexibility index (Phi) is 6.41. The minimum absolute atomic E-state index is 0.299. The lowest BCUT2D eigenvalue weighted by atomic mass is 9.83. The van der Waals surface area contributed by atoms with Gasteiger partial charge in [0, 0.05) is 11.6 Å². The summed E-state index contributed by atoms with van der Waals surface area (Å²) in [7, 11) is 0. The lowest BCUT2D eigenvalue weighted by Gasteiger charge is -2.34. The van der Waals surface area contributed by atoms with Gasteiger partial charge in [-0.3, -0.25) is 4.79 Å². The molecule has 3 aliphatic rings. The lowest BCUT2D eigenvalue weighted by Crippen LogP contribution is -2.44. The minimum Gasteiger partial charge on any atom is -0.454 e. The summed E-state index contributed by atoms with van der Waals surface area (Å²) in [5.41, 5.74) is 1.25. The molecule has 1 aromatic rings. The average molecular weight is 426 g/mol. The normalized spacial score (nSPS) is 25.3. The number of benzene rings is 1. The molecule has 2 heterocycles. The second-order valence-electron chi connectivity index (χ2n) is 8.67. The van der Waals surface area contributed by atoms with E-state index in [0.29, 0.717) is 31.5 Å². The van der Waals surface area contributed by atoms with Crippen LogP contribution in [0.25, 0.3) is 0 Å². The van der Waals surface area contributed by atoms with Crippen molar-refractivity contribution in [2.75, 3.05) is 26.4 Å². The number of halogens is 3. The Morgan fingerprint density at radius 2 is 1.80 bits per heavy atom. The zero-order valence-corrected chi connectivity index (χ0v) is 17.0. The molecule has 1 amide bonds. The lowest BCUT2D eigenvalue weighted by molar-refractivity contribution is -0.174. The molecule has 1 aliphatic carbocycles. The minimum atomic E-state index is -4.79. The average Bonchev–Trinajstić information content (AvgIpc) is 3.22. The number of carbonyl (C=O) groups excluding carboxylic acids is 1. The Labute approximate surface area is 174 Å². The molecule has 0 unspecified atom stereocenters. The fourth-order valence-corrected chi connectivity index (χ4v) is 4.97. The van der Waals surface area contributed by atoms with Crippen LogP contribution in [0, 0.1) is 5.92 Å². The van der Waals surface area contributed by atoms with Crippen molar-refractivity contribution in [2.45, 2.75) is 63.1 Å². The van der Waals surface area contributed by atoms with Gasteiger partial charge in [-0.25, -0.2) is 0 Å². The number of nitrogens with zero attached hydrogens (tertiary/aromatic N) is 1. The van der Waals surface area contributed by atoms with Crippen LogP contribution in [-0.2, 0) is 4.79 Å². The van der Waals surface area contributed by atoms with E-state index < -0.39 is 12.1 Å². The predicted molar refractivity (Wildman–Crippen MR) is 106 cm³/mol. The van der Waals surface area contributed by atoms with Gasteiger partial charge in [-0.15, -0.1) is 0 Å². The summed E-state index contributed by atoms with van der Waals surface area (Å²) in [4.78, 5) is 13.6. The van der Waals surface area contributed by atoms with E-state index in [1.54, 1.807) is 0 Å². The second-order valence-corrected chi connectivity index (χ2v) is 8.67. The zero-order chi connectivity index (χ0) is 21.1. The van der Waals surface area contributed by atoms with Gasteiger partial charge >= 0.3 is 12.1 Å². The molecule has 2 fully saturated rings. The van der Waals surface area contributed by atoms with Crippen LogP contribution >= 0.6 is 0 Å². The van der Waals surface area contributed by atoms with Gasteiger partial charge in [0.15, 0.2) is 11.5 Å². The van der Waals surface area contributed by atoms with E-state index in [-0.39, 0.29) is 6.04 Å². The third kappa shape index (κ3) is 5.02. The smallest absolute Gasteiger partial charge is 0.454 e. The van der Waals surface area contributed by atoms with Gasteiger partial charge in [0.2, 0.25) is 6.79 Å². The monoisotopic (exact) mass is 426 g/mol. The van der Waals surface area contributed by atoms with Crippen LogP contribution in [0.15, 0.2) is 18.2 Å². The highest BCUT2D eigenvalue weighted by atomic mass is 19.4. The number of ether oxygens (including phenoxy) is 2. The summed E-state index contributed by atoms with van der Waals surface area (Å²) in [5.74, 6) is 0.965. The maximum Gasteiger partial charge on any atom is 0.471 e. The molecule has 1 saturated heterocycles. The maximum atomic E-state index is 12.4. The Morgan fingerprint density at radius 1 is 1.07 bits per heavy atom. The highest BCUT2D eigenvalue weighted by molar-refractivity contribution is 5.81. The Bertz CT molecular complexity index is 740. The number of hydrogen-bond donors (Lipinski definition) is 1. The van der Waals surface area contributed by atoms with Crippen LogP contribution in [0.5, 0.6) is 11.5 Å². The number of likely N-dealkylation sites (tertiary alicyclic amines) is 1. The van der Waals surface area contributed by atoms with Crippen molar-refractivity contribution in [2.24, 2.45) is 5.92 Å². The van der Waals surface area contributed by atoms with Crippen molar-refractivity contribution in [1.82, 2.24) is 10.2 Å². The van der Waals surface area contributed by atoms with Crippen molar-refractivity contribution in [3.8, 4) is 11.5 Å². The quantitative estimate of drug-likeness (QED) is 0.766. The number of alkyl halides is 3. The number of nitrogens with one attached hydrogen (secondary N) is 1. The number of amides is 1. The highest BCUT2D eigenvalue weighted by Crippen LogP contribution is 2.42. The molecule has 0 radical (unpaired) electrons. The van der Waals surface area contributed by atoms with Crippen LogP contribution < -0.4 is 14.8 Å². The molecule has 166 valence electrons. The summed E-state index contributed by atoms with van der Waals surface area (Å²) in [6, 6.07) is 5.78. The number of fused-ring (bicyclic) bond motifs is 1. The molecular formula is C22H29F3N2O3. The number of hydrogen-bond acceptors (Lipinski definition) is 4. The van der Waals surface area contributed by atoms with Crippen LogP contribution in [0.1, 0.15) is 56.4 Å². The Hall–Kier alpha value is -1.96. The second kappa shape index (κ2) is 9.04. The van der Waals surface area contributed by atoms with E-state index in [1.165, 1.54) is 5.56 Å². The molecule has 0 bridgehead atoms. The molecule has 8 heteroatoms. The van der Waals surface area contributed by atoms with Gasteiger partial charge in [0.1, 0.15) is 0 Å². The van der Waals surface area contributed by atoms with E-state index >= 15 is 0 Å². The first-order valence-corrected chi connectivity index (χ1v) is 10.9. The van der Waals surface area contributed by atoms with Crippen molar-refractivity contribution in [3.63, 3.8) is 0 Å². The van der Waals surface area contributed by atoms with Gasteiger partial charge in [-0.2, -0.15) is 13.2 Å². The molecule has 4 rings (SSSR count). The van der Waals surface area contributed by atoms with Gasteiger partial charge in [-0.05, 0) is 82.5 Å². The predicted octanol–water partition coefficient (Wildman–Crippen LogP) is 4.22. The summed E-state index contributed by atoms with van der Waals surface area (Å²) in [6.45, 7) is 3.43. The summed E-state index contributed by atoms with van der Waals surface area (Å²) >= 11 is 0. The molecule has 5 nitrogen and oxygen atoms in total. The molecule has 0 aromatic heterocycles. The van der Waals surface area contributed by atoms with Crippen LogP contribution in [0.3, 0.4) is 0 Å². The van der Waals surface area contributed by atoms with Gasteiger partial charge in [0.25, 0.3) is 0 Å². The first-order chi connectivity index (χ1) is 14.4. The molecule has 0 atom stereocenters. The van der Waals surface area contributed by atoms with Gasteiger partial charge in [-0.1, -0.05) is 12.1 Å². The van der Waals surface area contributed by atoms with E-state index in [1.807, 2.05) is 12.1 Å². The maximum absolute atomic E-state index is 12.4. The van der Waals surface area contributed by atoms with E-state index in [0.717, 1.165) is 63.2 Å². The molecule has 0 spiro atoms. The molecule has 1 aromatic carbocycles. The topological polar surface area (TPSA) is 50.8 Å². The van der Waals surface area contributed by atoms with E-state index in [9.17, 15) is 18.0 Å². The molecule has 1 N–H and O–H groups in total. The van der Waals surface area contributed by atoms with Crippen molar-refractivity contribution in [1.29, 1.82) is 0 Å². The van der Waals surface area contributed by atoms with Crippen LogP contribution in [-0.4, -0.2) is 49.5 Å². The fourth-order valence-electron chi connectivity index (χ4n) is 4.97. The van der Waals surface area contributed by atoms with Gasteiger partial charge < -0.3 is 19.7 Å². The third-order valence-electron chi connectivity index (χ3n) is 6.75. The largest absolute Gasteiger partial charge is 0.471 e. The standard InChI is InChI=1S/C22H29F3N2O3/c23-22(24,25)21(28)26-17-6-4-15(5-7-17)8-11-27-12-9-16(10-13-27)18-2-1-3-19-20(18)30-14-29-19/h1-3,15-17H,4-14H2,(H,26,28)/t15-,17-. The molecule has 1 saturated carbocycles. The first kappa shape index (κ1) is 21.3. The van der Waals surface area contributed by atoms with E-state index in [2.05, 4.69) is 16.3 Å². The molecule has 30 heavy (non-hydrogen) atoms. The number of carbonyl (C=O) groups is 1. The van der Waals surface area contributed by atoms with Gasteiger partial charge in [0.05, 0.1) is 0 Å². The van der Waals surface area contributed by atoms with Crippen molar-refractivity contribution in [3.05, 3.63) is 23.8 Å². The summed E-state index contributed by atoms with van der Waals surface area (Å²) < 4.78 is 48.3. The molecule has 2 aliphatic heterocycles. The summed E-state index contributed by atoms with van der Waals surface area (Å²) in [6.07, 6.45) is 1.50. The zero-order valence-electron chi connectivity index (χ0n) is 17.0. The number of rotatable bonds is 5.